The number of rotatable bonds is 0. The molecule has 2 heteroatoms. The van der Waals surface area contributed by atoms with Gasteiger partial charge in [-0.15, -0.1) is 0 Å². The fourth-order valence-electron chi connectivity index (χ4n) is 0. The van der Waals surface area contributed by atoms with Crippen molar-refractivity contribution in [2.24, 2.45) is 0 Å². The van der Waals surface area contributed by atoms with Crippen LogP contribution in [0.2, 0.25) is 0 Å². The van der Waals surface area contributed by atoms with E-state index in [2.05, 4.69) is 0 Å². The standard InChI is InChI=1S/CHNO.3CH4/c2-1-3;;;/h2H;3*1H4. The van der Waals surface area contributed by atoms with E-state index in [9.17, 15) is 0 Å². The maximum absolute atomic E-state index is 8.35. The van der Waals surface area contributed by atoms with E-state index in [4.69, 9.17) is 10.2 Å². The van der Waals surface area contributed by atoms with Gasteiger partial charge < -0.3 is 0 Å². The van der Waals surface area contributed by atoms with Crippen molar-refractivity contribution in [1.82, 2.24) is 0 Å². The Morgan fingerprint density at radius 1 is 1.17 bits per heavy atom. The van der Waals surface area contributed by atoms with Gasteiger partial charge in [0, 0.05) is 0 Å². The van der Waals surface area contributed by atoms with Crippen LogP contribution in [-0.4, -0.2) is 6.08 Å². The zero-order valence-corrected chi connectivity index (χ0v) is 1.41. The second-order valence-electron chi connectivity index (χ2n) is 0.102. The van der Waals surface area contributed by atoms with Gasteiger partial charge in [-0.25, -0.2) is 10.2 Å². The van der Waals surface area contributed by atoms with Crippen LogP contribution in [0.25, 0.3) is 0 Å². The van der Waals surface area contributed by atoms with Crippen LogP contribution in [0, 0.1) is 5.41 Å². The zero-order chi connectivity index (χ0) is 2.71. The van der Waals surface area contributed by atoms with Gasteiger partial charge in [0.25, 0.3) is 0 Å². The molecule has 0 aliphatic rings. The van der Waals surface area contributed by atoms with Crippen LogP contribution in [-0.2, 0) is 4.79 Å². The third-order valence-electron chi connectivity index (χ3n) is 0. The number of carbonyl (C=O) groups excluding carboxylic acids is 1. The normalized spacial score (nSPS) is 1.33. The second kappa shape index (κ2) is 347. The molecular weight excluding hydrogens is 78.0 g/mol. The fourth-order valence-corrected chi connectivity index (χ4v) is 0. The fraction of sp³-hybridized carbons (Fsp3) is 0.750. The SMILES string of the molecule is C.C.C.N=C=O. The summed E-state index contributed by atoms with van der Waals surface area (Å²) in [5, 5.41) is 5.40. The zero-order valence-electron chi connectivity index (χ0n) is 1.41. The molecule has 0 heterocycles. The Morgan fingerprint density at radius 3 is 1.17 bits per heavy atom. The van der Waals surface area contributed by atoms with Crippen LogP contribution in [0.1, 0.15) is 22.3 Å². The maximum atomic E-state index is 8.35. The second-order valence-corrected chi connectivity index (χ2v) is 0.102. The Bertz CT molecular complexity index is 28.5. The number of isocyanates is 1. The van der Waals surface area contributed by atoms with Crippen molar-refractivity contribution >= 4 is 6.08 Å². The third kappa shape index (κ3) is 49.8. The first-order chi connectivity index (χ1) is 1.41. The van der Waals surface area contributed by atoms with E-state index in [1.54, 1.807) is 0 Å². The minimum absolute atomic E-state index is 0. The Morgan fingerprint density at radius 2 is 1.17 bits per heavy atom. The van der Waals surface area contributed by atoms with Crippen LogP contribution in [0.3, 0.4) is 0 Å². The van der Waals surface area contributed by atoms with E-state index in [0.717, 1.165) is 6.08 Å². The first-order valence-corrected chi connectivity index (χ1v) is 0.454. The Labute approximate surface area is 39.7 Å². The summed E-state index contributed by atoms with van der Waals surface area (Å²) in [7, 11) is 0. The van der Waals surface area contributed by atoms with E-state index in [1.807, 2.05) is 0 Å². The first kappa shape index (κ1) is 54.2. The summed E-state index contributed by atoms with van der Waals surface area (Å²) >= 11 is 0. The van der Waals surface area contributed by atoms with Gasteiger partial charge in [-0.1, -0.05) is 22.3 Å². The number of hydrogen-bond acceptors (Lipinski definition) is 2. The molecule has 0 unspecified atom stereocenters. The van der Waals surface area contributed by atoms with E-state index in [-0.39, 0.29) is 22.3 Å². The predicted molar refractivity (Wildman–Crippen MR) is 28.6 cm³/mol. The molecule has 0 aromatic heterocycles. The minimum atomic E-state index is 0. The van der Waals surface area contributed by atoms with Gasteiger partial charge in [-0.2, -0.15) is 0 Å². The summed E-state index contributed by atoms with van der Waals surface area (Å²) in [5.74, 6) is 0. The largest absolute Gasteiger partial charge is 0.231 e. The molecule has 0 saturated heterocycles. The molecule has 0 aromatic carbocycles. The lowest BCUT2D eigenvalue weighted by molar-refractivity contribution is 0.563. The molecule has 0 bridgehead atoms. The van der Waals surface area contributed by atoms with E-state index < -0.39 is 0 Å². The van der Waals surface area contributed by atoms with Gasteiger partial charge in [-0.05, 0) is 0 Å². The predicted octanol–water partition coefficient (Wildman–Crippen LogP) is 1.81. The lowest BCUT2D eigenvalue weighted by Gasteiger charge is -1.02. The van der Waals surface area contributed by atoms with Crippen LogP contribution >= 0.6 is 0 Å². The topological polar surface area (TPSA) is 40.9 Å². The van der Waals surface area contributed by atoms with Crippen molar-refractivity contribution in [1.29, 1.82) is 5.41 Å². The van der Waals surface area contributed by atoms with Crippen molar-refractivity contribution in [2.45, 2.75) is 22.3 Å². The molecule has 6 heavy (non-hydrogen) atoms. The summed E-state index contributed by atoms with van der Waals surface area (Å²) in [6.07, 6.45) is 0.750. The van der Waals surface area contributed by atoms with Crippen LogP contribution in [0.5, 0.6) is 0 Å². The highest BCUT2D eigenvalue weighted by atomic mass is 16.1. The average molecular weight is 91.2 g/mol. The molecule has 40 valence electrons. The Hall–Kier alpha value is -0.620. The van der Waals surface area contributed by atoms with Gasteiger partial charge in [0.2, 0.25) is 6.08 Å². The van der Waals surface area contributed by atoms with Crippen LogP contribution < -0.4 is 0 Å². The highest BCUT2D eigenvalue weighted by Gasteiger charge is 1.03. The van der Waals surface area contributed by atoms with Crippen LogP contribution in [0.4, 0.5) is 0 Å². The van der Waals surface area contributed by atoms with Crippen molar-refractivity contribution in [3.63, 3.8) is 0 Å². The lowest BCUT2D eigenvalue weighted by atomic mass is 11.7. The summed E-state index contributed by atoms with van der Waals surface area (Å²) < 4.78 is 0. The summed E-state index contributed by atoms with van der Waals surface area (Å²) in [6, 6.07) is 0. The molecular formula is C4H13NO. The molecule has 0 radical (unpaired) electrons. The third-order valence-corrected chi connectivity index (χ3v) is 0. The highest BCUT2D eigenvalue weighted by Crippen LogP contribution is 0.868. The number of hydrogen-bond donors (Lipinski definition) is 1. The molecule has 0 fully saturated rings. The molecule has 0 atom stereocenters. The Kier molecular flexibility index (Phi) is 3130. The Balaban J connectivity index is -0.00000000667. The first-order valence-electron chi connectivity index (χ1n) is 0.454. The van der Waals surface area contributed by atoms with Gasteiger partial charge in [0.1, 0.15) is 0 Å². The van der Waals surface area contributed by atoms with Gasteiger partial charge in [-0.3, -0.25) is 0 Å². The maximum Gasteiger partial charge on any atom is 0.231 e. The van der Waals surface area contributed by atoms with Gasteiger partial charge in [0.15, 0.2) is 0 Å². The van der Waals surface area contributed by atoms with Crippen molar-refractivity contribution in [3.05, 3.63) is 0 Å². The smallest absolute Gasteiger partial charge is 0.222 e. The molecule has 0 rings (SSSR count). The van der Waals surface area contributed by atoms with E-state index in [0.29, 0.717) is 0 Å². The van der Waals surface area contributed by atoms with Gasteiger partial charge >= 0.3 is 0 Å². The van der Waals surface area contributed by atoms with E-state index in [1.165, 1.54) is 0 Å². The summed E-state index contributed by atoms with van der Waals surface area (Å²) in [6.45, 7) is 0. The molecule has 0 aliphatic heterocycles. The molecule has 1 N–H and O–H groups in total. The van der Waals surface area contributed by atoms with E-state index >= 15 is 0 Å². The molecule has 0 aliphatic carbocycles. The average Bonchev–Trinajstić information content (AvgIpc) is 0.918. The van der Waals surface area contributed by atoms with Crippen molar-refractivity contribution in [3.8, 4) is 0 Å². The number of nitrogens with one attached hydrogen (secondary N) is 1. The quantitative estimate of drug-likeness (QED) is 0.358. The van der Waals surface area contributed by atoms with Crippen LogP contribution in [0.15, 0.2) is 0 Å². The minimum Gasteiger partial charge on any atom is -0.222 e. The summed E-state index contributed by atoms with van der Waals surface area (Å²) in [5.41, 5.74) is 0. The molecule has 2 nitrogen and oxygen atoms in total. The van der Waals surface area contributed by atoms with Crippen molar-refractivity contribution < 1.29 is 4.79 Å². The lowest BCUT2D eigenvalue weighted by Crippen LogP contribution is -1.16. The molecule has 0 amide bonds. The molecule has 0 saturated carbocycles. The molecule has 0 aromatic rings. The van der Waals surface area contributed by atoms with Crippen molar-refractivity contribution in [2.75, 3.05) is 0 Å². The van der Waals surface area contributed by atoms with Gasteiger partial charge in [0.05, 0.1) is 0 Å². The molecule has 0 spiro atoms. The summed E-state index contributed by atoms with van der Waals surface area (Å²) in [4.78, 5) is 8.35. The monoisotopic (exact) mass is 91.1 g/mol. The highest BCUT2D eigenvalue weighted by molar-refractivity contribution is 5.26.